The molecule has 3 aromatic rings. The number of carbonyl (C=O) groups excluding carboxylic acids is 1. The summed E-state index contributed by atoms with van der Waals surface area (Å²) >= 11 is 0. The number of phosphoric ester groups is 1. The first kappa shape index (κ1) is 26.2. The van der Waals surface area contributed by atoms with Gasteiger partial charge in [0.05, 0.1) is 25.2 Å². The summed E-state index contributed by atoms with van der Waals surface area (Å²) in [5, 5.41) is 21.9. The van der Waals surface area contributed by atoms with Gasteiger partial charge in [-0.05, 0) is 13.8 Å². The average molecular weight is 551 g/mol. The molecule has 5 rings (SSSR count). The van der Waals surface area contributed by atoms with Crippen LogP contribution in [0.25, 0.3) is 11.2 Å². The number of nitrogen functional groups attached to an aromatic ring is 2. The Balaban J connectivity index is 1.33. The Labute approximate surface area is 215 Å². The van der Waals surface area contributed by atoms with Crippen LogP contribution in [0.4, 0.5) is 11.8 Å². The highest BCUT2D eigenvalue weighted by atomic mass is 31.2. The number of nitrogens with zero attached hydrogens (tertiary/aromatic N) is 5. The minimum Gasteiger partial charge on any atom is -0.461 e. The third-order valence-electron chi connectivity index (χ3n) is 6.28. The molecule has 5 atom stereocenters. The van der Waals surface area contributed by atoms with E-state index in [0.717, 1.165) is 0 Å². The second-order valence-corrected chi connectivity index (χ2v) is 10.6. The molecule has 3 aromatic heterocycles. The molecule has 0 aromatic carbocycles. The largest absolute Gasteiger partial charge is 0.530 e. The van der Waals surface area contributed by atoms with Crippen LogP contribution >= 0.6 is 7.82 Å². The van der Waals surface area contributed by atoms with Crippen molar-refractivity contribution in [3.8, 4) is 5.75 Å². The highest BCUT2D eigenvalue weighted by Gasteiger charge is 2.54. The van der Waals surface area contributed by atoms with Gasteiger partial charge in [0.1, 0.15) is 29.9 Å². The van der Waals surface area contributed by atoms with Crippen LogP contribution in [-0.4, -0.2) is 65.1 Å². The molecule has 5 heterocycles. The third kappa shape index (κ3) is 4.55. The minimum atomic E-state index is -4.18. The quantitative estimate of drug-likeness (QED) is 0.241. The number of pyridine rings is 1. The Bertz CT molecular complexity index is 1460. The number of anilines is 2. The Morgan fingerprint density at radius 1 is 1.34 bits per heavy atom. The number of imidazole rings is 1. The number of nitrogens with two attached hydrogens (primary N) is 2. The van der Waals surface area contributed by atoms with Crippen molar-refractivity contribution in [3.05, 3.63) is 29.3 Å². The van der Waals surface area contributed by atoms with Crippen LogP contribution in [0.3, 0.4) is 0 Å². The van der Waals surface area contributed by atoms with Gasteiger partial charge < -0.3 is 35.7 Å². The van der Waals surface area contributed by atoms with Gasteiger partial charge in [-0.3, -0.25) is 23.4 Å². The molecular weight excluding hydrogens is 525 g/mol. The first-order chi connectivity index (χ1) is 17.9. The molecule has 1 fully saturated rings. The fourth-order valence-corrected chi connectivity index (χ4v) is 5.54. The van der Waals surface area contributed by atoms with Crippen molar-refractivity contribution in [2.24, 2.45) is 0 Å². The molecule has 1 unspecified atom stereocenters. The Morgan fingerprint density at radius 2 is 2.11 bits per heavy atom. The Kier molecular flexibility index (Phi) is 6.49. The second-order valence-electron chi connectivity index (χ2n) is 9.05. The number of phosphoric acid groups is 1. The van der Waals surface area contributed by atoms with Crippen LogP contribution in [0, 0.1) is 6.92 Å². The number of ether oxygens (including phenoxy) is 2. The number of esters is 1. The molecule has 16 nitrogen and oxygen atoms in total. The zero-order valence-electron chi connectivity index (χ0n) is 20.6. The zero-order chi connectivity index (χ0) is 27.4. The van der Waals surface area contributed by atoms with Crippen LogP contribution in [0.5, 0.6) is 5.75 Å². The Morgan fingerprint density at radius 3 is 2.84 bits per heavy atom. The van der Waals surface area contributed by atoms with Gasteiger partial charge in [-0.2, -0.15) is 9.97 Å². The van der Waals surface area contributed by atoms with Crippen molar-refractivity contribution in [2.45, 2.75) is 58.0 Å². The normalized spacial score (nSPS) is 28.7. The van der Waals surface area contributed by atoms with Crippen molar-refractivity contribution in [1.29, 1.82) is 0 Å². The maximum atomic E-state index is 13.3. The molecule has 0 amide bonds. The van der Waals surface area contributed by atoms with Gasteiger partial charge in [-0.25, -0.2) is 9.55 Å². The maximum Gasteiger partial charge on any atom is 0.530 e. The summed E-state index contributed by atoms with van der Waals surface area (Å²) in [6.07, 6.45) is -0.991. The van der Waals surface area contributed by atoms with E-state index in [-0.39, 0.29) is 41.9 Å². The van der Waals surface area contributed by atoms with Gasteiger partial charge >= 0.3 is 13.8 Å². The number of aliphatic hydroxyl groups excluding tert-OH is 1. The van der Waals surface area contributed by atoms with E-state index < -0.39 is 44.4 Å². The fourth-order valence-electron chi connectivity index (χ4n) is 4.27. The van der Waals surface area contributed by atoms with Gasteiger partial charge in [0, 0.05) is 24.2 Å². The molecule has 2 aliphatic rings. The smallest absolute Gasteiger partial charge is 0.461 e. The summed E-state index contributed by atoms with van der Waals surface area (Å²) in [6.45, 7) is 3.59. The summed E-state index contributed by atoms with van der Waals surface area (Å²) in [5.41, 5.74) is 11.6. The fraction of sp³-hybridized carbons (Fsp3) is 0.476. The summed E-state index contributed by atoms with van der Waals surface area (Å²) in [6, 6.07) is 0. The molecule has 2 aliphatic heterocycles. The van der Waals surface area contributed by atoms with Crippen LogP contribution in [0.1, 0.15) is 36.9 Å². The lowest BCUT2D eigenvalue weighted by atomic mass is 9.96. The van der Waals surface area contributed by atoms with Crippen LogP contribution in [0.2, 0.25) is 0 Å². The first-order valence-electron chi connectivity index (χ1n) is 11.4. The number of aliphatic hydroxyl groups is 2. The molecule has 0 spiro atoms. The van der Waals surface area contributed by atoms with E-state index in [0.29, 0.717) is 16.8 Å². The van der Waals surface area contributed by atoms with Crippen molar-refractivity contribution < 1.29 is 42.6 Å². The predicted octanol–water partition coefficient (Wildman–Crippen LogP) is 0.500. The van der Waals surface area contributed by atoms with E-state index in [4.69, 9.17) is 34.5 Å². The van der Waals surface area contributed by atoms with Gasteiger partial charge in [0.15, 0.2) is 23.4 Å². The van der Waals surface area contributed by atoms with Gasteiger partial charge in [-0.1, -0.05) is 0 Å². The summed E-state index contributed by atoms with van der Waals surface area (Å²) < 4.78 is 42.0. The number of carbonyl (C=O) groups is 1. The molecule has 17 heteroatoms. The molecule has 204 valence electrons. The third-order valence-corrected chi connectivity index (χ3v) is 7.59. The van der Waals surface area contributed by atoms with Crippen molar-refractivity contribution in [2.75, 3.05) is 18.1 Å². The van der Waals surface area contributed by atoms with Gasteiger partial charge in [0.2, 0.25) is 5.95 Å². The van der Waals surface area contributed by atoms with Crippen molar-refractivity contribution in [1.82, 2.24) is 24.5 Å². The number of hydrogen-bond acceptors (Lipinski definition) is 15. The van der Waals surface area contributed by atoms with E-state index in [9.17, 15) is 19.6 Å². The molecule has 1 saturated heterocycles. The number of fused-ring (bicyclic) bond motifs is 2. The van der Waals surface area contributed by atoms with E-state index in [1.807, 2.05) is 0 Å². The SMILES string of the molecule is CC(=O)OCc1cnc(C)c2c1COP(=O)(OC[C@H]1O[C@@H](n3cnc4c(N)nc(N)nc43)[C@@](C)(O)[C@H]1O)O2. The Hall–Kier alpha value is -3.40. The standard InChI is InChI=1S/C21H26N7O9P/c1-9-15-12(11(4-24-9)5-33-10(2)29)6-34-38(32,37-15)35-7-13-16(30)21(3,31)19(36-13)28-8-25-14-17(22)26-20(23)27-18(14)28/h4,8,13,16,19,30-31H,5-7H2,1-3H3,(H4,22,23,26,27)/t13-,16+,19-,21+,38?/m1/s1. The van der Waals surface area contributed by atoms with E-state index in [1.54, 1.807) is 6.92 Å². The van der Waals surface area contributed by atoms with Crippen LogP contribution < -0.4 is 16.0 Å². The number of aryl methyl sites for hydroxylation is 1. The van der Waals surface area contributed by atoms with E-state index >= 15 is 0 Å². The highest BCUT2D eigenvalue weighted by Crippen LogP contribution is 2.56. The lowest BCUT2D eigenvalue weighted by Gasteiger charge is -2.28. The molecular formula is C21H26N7O9P. The number of rotatable bonds is 6. The summed E-state index contributed by atoms with van der Waals surface area (Å²) in [4.78, 5) is 27.5. The monoisotopic (exact) mass is 551 g/mol. The van der Waals surface area contributed by atoms with E-state index in [2.05, 4.69) is 19.9 Å². The zero-order valence-corrected chi connectivity index (χ0v) is 21.5. The van der Waals surface area contributed by atoms with Crippen LogP contribution in [-0.2, 0) is 41.1 Å². The lowest BCUT2D eigenvalue weighted by Crippen LogP contribution is -2.44. The molecule has 0 radical (unpaired) electrons. The molecule has 0 aliphatic carbocycles. The van der Waals surface area contributed by atoms with Crippen molar-refractivity contribution >= 4 is 36.7 Å². The topological polar surface area (TPSA) is 229 Å². The predicted molar refractivity (Wildman–Crippen MR) is 128 cm³/mol. The van der Waals surface area contributed by atoms with Gasteiger partial charge in [0.25, 0.3) is 0 Å². The summed E-state index contributed by atoms with van der Waals surface area (Å²) in [5.74, 6) is -0.365. The highest BCUT2D eigenvalue weighted by molar-refractivity contribution is 7.49. The maximum absolute atomic E-state index is 13.3. The molecule has 0 saturated carbocycles. The molecule has 0 bridgehead atoms. The lowest BCUT2D eigenvalue weighted by molar-refractivity contribution is -0.142. The second kappa shape index (κ2) is 9.41. The van der Waals surface area contributed by atoms with Crippen molar-refractivity contribution in [3.63, 3.8) is 0 Å². The summed E-state index contributed by atoms with van der Waals surface area (Å²) in [7, 11) is -4.18. The molecule has 6 N–H and O–H groups in total. The molecule has 38 heavy (non-hydrogen) atoms. The average Bonchev–Trinajstić information content (AvgIpc) is 3.36. The number of hydrogen-bond donors (Lipinski definition) is 4. The number of aromatic nitrogens is 5. The van der Waals surface area contributed by atoms with Gasteiger partial charge in [-0.15, -0.1) is 0 Å². The minimum absolute atomic E-state index is 0.0371. The van der Waals surface area contributed by atoms with Crippen LogP contribution in [0.15, 0.2) is 12.5 Å². The first-order valence-corrected chi connectivity index (χ1v) is 12.9. The van der Waals surface area contributed by atoms with E-state index in [1.165, 1.54) is 30.9 Å².